The minimum absolute atomic E-state index is 0.0190. The van der Waals surface area contributed by atoms with E-state index in [1.165, 1.54) is 0 Å². The number of carbonyl (C=O) groups excluding carboxylic acids is 1. The van der Waals surface area contributed by atoms with Crippen LogP contribution in [-0.4, -0.2) is 59.1 Å². The molecule has 1 spiro atoms. The molecule has 0 atom stereocenters. The molecule has 4 heterocycles. The van der Waals surface area contributed by atoms with Crippen molar-refractivity contribution in [3.05, 3.63) is 41.1 Å². The highest BCUT2D eigenvalue weighted by molar-refractivity contribution is 6.32. The van der Waals surface area contributed by atoms with Crippen LogP contribution in [0.4, 0.5) is 5.82 Å². The smallest absolute Gasteiger partial charge is 0.249 e. The molecule has 0 unspecified atom stereocenters. The molecule has 1 fully saturated rings. The number of amides is 1. The molecule has 0 aliphatic carbocycles. The lowest BCUT2D eigenvalue weighted by Crippen LogP contribution is -2.59. The molecular weight excluding hydrogens is 354 g/mol. The van der Waals surface area contributed by atoms with E-state index in [0.717, 1.165) is 49.6 Å². The van der Waals surface area contributed by atoms with Crippen molar-refractivity contribution in [2.45, 2.75) is 24.8 Å². The number of anilines is 1. The van der Waals surface area contributed by atoms with Crippen LogP contribution in [0.3, 0.4) is 0 Å². The van der Waals surface area contributed by atoms with E-state index in [-0.39, 0.29) is 18.1 Å². The summed E-state index contributed by atoms with van der Waals surface area (Å²) in [6.07, 6.45) is 5.86. The Kier molecular flexibility index (Phi) is 4.58. The first kappa shape index (κ1) is 17.3. The molecule has 26 heavy (non-hydrogen) atoms. The van der Waals surface area contributed by atoms with Gasteiger partial charge in [0.05, 0.1) is 22.6 Å². The predicted molar refractivity (Wildman–Crippen MR) is 98.3 cm³/mol. The first-order valence-electron chi connectivity index (χ1n) is 8.83. The van der Waals surface area contributed by atoms with E-state index < -0.39 is 0 Å². The highest BCUT2D eigenvalue weighted by Gasteiger charge is 2.48. The number of halogens is 1. The topological polar surface area (TPSA) is 74.3 Å². The number of nitrogens with zero attached hydrogens (tertiary/aromatic N) is 4. The number of piperidine rings is 1. The molecule has 0 aromatic carbocycles. The van der Waals surface area contributed by atoms with E-state index in [4.69, 9.17) is 16.3 Å². The number of fused-ring (bicyclic) bond motifs is 2. The van der Waals surface area contributed by atoms with Crippen LogP contribution in [0.2, 0.25) is 5.02 Å². The van der Waals surface area contributed by atoms with E-state index in [1.807, 2.05) is 17.0 Å². The zero-order valence-electron chi connectivity index (χ0n) is 14.7. The summed E-state index contributed by atoms with van der Waals surface area (Å²) in [6, 6.07) is 3.69. The third-order valence-electron chi connectivity index (χ3n) is 5.46. The molecule has 0 saturated carbocycles. The summed E-state index contributed by atoms with van der Waals surface area (Å²) >= 11 is 6.32. The van der Waals surface area contributed by atoms with Gasteiger partial charge in [0.1, 0.15) is 12.4 Å². The van der Waals surface area contributed by atoms with Crippen molar-refractivity contribution < 1.29 is 9.53 Å². The molecule has 0 radical (unpaired) electrons. The van der Waals surface area contributed by atoms with E-state index in [2.05, 4.69) is 19.9 Å². The molecule has 2 aromatic heterocycles. The minimum Gasteiger partial charge on any atom is -0.375 e. The third kappa shape index (κ3) is 2.75. The third-order valence-corrected chi connectivity index (χ3v) is 5.75. The van der Waals surface area contributed by atoms with Crippen molar-refractivity contribution in [1.29, 1.82) is 0 Å². The zero-order valence-corrected chi connectivity index (χ0v) is 15.5. The fraction of sp³-hybridized carbons (Fsp3) is 0.500. The first-order valence-corrected chi connectivity index (χ1v) is 9.21. The van der Waals surface area contributed by atoms with Gasteiger partial charge < -0.3 is 19.5 Å². The number of H-pyrrole nitrogens is 1. The number of ether oxygens (including phenoxy) is 1. The molecule has 138 valence electrons. The summed E-state index contributed by atoms with van der Waals surface area (Å²) in [5.41, 5.74) is 1.75. The molecule has 0 bridgehead atoms. The van der Waals surface area contributed by atoms with Crippen molar-refractivity contribution in [2.24, 2.45) is 0 Å². The Hall–Kier alpha value is -2.12. The first-order chi connectivity index (χ1) is 12.7. The Balaban J connectivity index is 1.63. The Morgan fingerprint density at radius 2 is 2.15 bits per heavy atom. The second kappa shape index (κ2) is 6.89. The number of carbonyl (C=O) groups is 1. The lowest BCUT2D eigenvalue weighted by atomic mass is 9.78. The highest BCUT2D eigenvalue weighted by Crippen LogP contribution is 2.43. The van der Waals surface area contributed by atoms with E-state index in [1.54, 1.807) is 19.6 Å². The van der Waals surface area contributed by atoms with Gasteiger partial charge >= 0.3 is 0 Å². The van der Waals surface area contributed by atoms with Crippen LogP contribution in [0.5, 0.6) is 0 Å². The van der Waals surface area contributed by atoms with Gasteiger partial charge in [-0.1, -0.05) is 11.6 Å². The SMILES string of the molecule is COCC(=O)N1CCc2[nH]cnc2C12CCN(c1ncccc1Cl)CC2. The number of imidazole rings is 1. The van der Waals surface area contributed by atoms with E-state index in [9.17, 15) is 4.79 Å². The van der Waals surface area contributed by atoms with Crippen LogP contribution in [0.1, 0.15) is 24.2 Å². The number of hydrogen-bond acceptors (Lipinski definition) is 5. The van der Waals surface area contributed by atoms with Gasteiger partial charge in [0.2, 0.25) is 5.91 Å². The molecule has 2 aliphatic heterocycles. The average molecular weight is 376 g/mol. The highest BCUT2D eigenvalue weighted by atomic mass is 35.5. The fourth-order valence-corrected chi connectivity index (χ4v) is 4.49. The molecule has 4 rings (SSSR count). The predicted octanol–water partition coefficient (Wildman–Crippen LogP) is 1.98. The number of pyridine rings is 1. The normalized spacial score (nSPS) is 18.8. The van der Waals surface area contributed by atoms with Crippen LogP contribution in [0, 0.1) is 0 Å². The zero-order chi connectivity index (χ0) is 18.1. The molecular formula is C18H22ClN5O2. The molecule has 1 amide bonds. The second-order valence-electron chi connectivity index (χ2n) is 6.79. The molecule has 8 heteroatoms. The number of methoxy groups -OCH3 is 1. The number of hydrogen-bond donors (Lipinski definition) is 1. The van der Waals surface area contributed by atoms with Gasteiger partial charge in [-0.3, -0.25) is 4.79 Å². The van der Waals surface area contributed by atoms with Crippen molar-refractivity contribution in [3.8, 4) is 0 Å². The molecule has 1 saturated heterocycles. The quantitative estimate of drug-likeness (QED) is 0.888. The Morgan fingerprint density at radius 1 is 1.35 bits per heavy atom. The summed E-state index contributed by atoms with van der Waals surface area (Å²) in [5.74, 6) is 0.822. The number of rotatable bonds is 3. The molecule has 7 nitrogen and oxygen atoms in total. The summed E-state index contributed by atoms with van der Waals surface area (Å²) in [4.78, 5) is 29.1. The minimum atomic E-state index is -0.388. The van der Waals surface area contributed by atoms with Gasteiger partial charge in [0.15, 0.2) is 0 Å². The van der Waals surface area contributed by atoms with Crippen molar-refractivity contribution in [1.82, 2.24) is 19.9 Å². The van der Waals surface area contributed by atoms with E-state index >= 15 is 0 Å². The van der Waals surface area contributed by atoms with Gasteiger partial charge in [-0.05, 0) is 25.0 Å². The Bertz CT molecular complexity index is 800. The monoisotopic (exact) mass is 375 g/mol. The van der Waals surface area contributed by atoms with Crippen LogP contribution in [0.15, 0.2) is 24.7 Å². The average Bonchev–Trinajstić information content (AvgIpc) is 3.13. The summed E-state index contributed by atoms with van der Waals surface area (Å²) in [7, 11) is 1.56. The van der Waals surface area contributed by atoms with Gasteiger partial charge in [-0.2, -0.15) is 0 Å². The maximum Gasteiger partial charge on any atom is 0.249 e. The van der Waals surface area contributed by atoms with Crippen LogP contribution < -0.4 is 4.90 Å². The van der Waals surface area contributed by atoms with Gasteiger partial charge in [-0.25, -0.2) is 9.97 Å². The van der Waals surface area contributed by atoms with Crippen molar-refractivity contribution in [2.75, 3.05) is 38.3 Å². The summed E-state index contributed by atoms with van der Waals surface area (Å²) in [6.45, 7) is 2.30. The van der Waals surface area contributed by atoms with E-state index in [0.29, 0.717) is 11.6 Å². The van der Waals surface area contributed by atoms with Crippen molar-refractivity contribution >= 4 is 23.3 Å². The lowest BCUT2D eigenvalue weighted by molar-refractivity contribution is -0.144. The van der Waals surface area contributed by atoms with Gasteiger partial charge in [0, 0.05) is 45.1 Å². The Morgan fingerprint density at radius 3 is 2.88 bits per heavy atom. The number of aromatic amines is 1. The molecule has 1 N–H and O–H groups in total. The van der Waals surface area contributed by atoms with Crippen LogP contribution in [0.25, 0.3) is 0 Å². The number of nitrogens with one attached hydrogen (secondary N) is 1. The standard InChI is InChI=1S/C18H22ClN5O2/c1-26-11-15(25)24-8-4-14-16(22-12-21-14)18(24)5-9-23(10-6-18)17-13(19)3-2-7-20-17/h2-3,7,12H,4-6,8-11H2,1H3,(H,21,22). The van der Waals surface area contributed by atoms with Crippen molar-refractivity contribution in [3.63, 3.8) is 0 Å². The second-order valence-corrected chi connectivity index (χ2v) is 7.19. The summed E-state index contributed by atoms with van der Waals surface area (Å²) in [5, 5.41) is 0.653. The maximum atomic E-state index is 12.7. The van der Waals surface area contributed by atoms with Crippen LogP contribution in [-0.2, 0) is 21.5 Å². The fourth-order valence-electron chi connectivity index (χ4n) is 4.25. The van der Waals surface area contributed by atoms with Gasteiger partial charge in [-0.15, -0.1) is 0 Å². The maximum absolute atomic E-state index is 12.7. The Labute approximate surface area is 157 Å². The largest absolute Gasteiger partial charge is 0.375 e. The number of aromatic nitrogens is 3. The lowest BCUT2D eigenvalue weighted by Gasteiger charge is -2.50. The molecule has 2 aromatic rings. The van der Waals surface area contributed by atoms with Gasteiger partial charge in [0.25, 0.3) is 0 Å². The van der Waals surface area contributed by atoms with Crippen LogP contribution >= 0.6 is 11.6 Å². The summed E-state index contributed by atoms with van der Waals surface area (Å²) < 4.78 is 5.11. The molecule has 2 aliphatic rings.